The van der Waals surface area contributed by atoms with E-state index in [1.54, 1.807) is 30.0 Å². The van der Waals surface area contributed by atoms with Crippen LogP contribution in [0.2, 0.25) is 10.0 Å². The van der Waals surface area contributed by atoms with Gasteiger partial charge in [0.05, 0.1) is 23.1 Å². The lowest BCUT2D eigenvalue weighted by Gasteiger charge is -2.48. The zero-order valence-electron chi connectivity index (χ0n) is 19.8. The van der Waals surface area contributed by atoms with E-state index in [0.717, 1.165) is 6.42 Å². The first-order valence-electron chi connectivity index (χ1n) is 12.0. The number of nitrogens with one attached hydrogen (secondary N) is 1. The third kappa shape index (κ3) is 5.42. The van der Waals surface area contributed by atoms with Crippen molar-refractivity contribution in [3.8, 4) is 0 Å². The summed E-state index contributed by atoms with van der Waals surface area (Å²) in [6.07, 6.45) is 3.20. The third-order valence-corrected chi connectivity index (χ3v) is 8.13. The molecular formula is C24H31Cl2F2N5O2. The van der Waals surface area contributed by atoms with Gasteiger partial charge in [0.25, 0.3) is 5.92 Å². The maximum atomic E-state index is 13.7. The van der Waals surface area contributed by atoms with Crippen LogP contribution in [-0.4, -0.2) is 83.2 Å². The summed E-state index contributed by atoms with van der Waals surface area (Å²) in [4.78, 5) is 36.0. The van der Waals surface area contributed by atoms with Crippen LogP contribution in [0, 0.1) is 0 Å². The zero-order valence-corrected chi connectivity index (χ0v) is 21.3. The van der Waals surface area contributed by atoms with Gasteiger partial charge in [-0.3, -0.25) is 14.7 Å². The van der Waals surface area contributed by atoms with E-state index in [9.17, 15) is 18.4 Å². The lowest BCUT2D eigenvalue weighted by molar-refractivity contribution is -0.149. The molecule has 3 atom stereocenters. The molecule has 7 nitrogen and oxygen atoms in total. The maximum Gasteiger partial charge on any atom is 0.322 e. The number of carbonyl (C=O) groups is 2. The molecule has 3 aliphatic heterocycles. The van der Waals surface area contributed by atoms with Crippen molar-refractivity contribution in [3.05, 3.63) is 28.2 Å². The third-order valence-electron chi connectivity index (χ3n) is 7.39. The first kappa shape index (κ1) is 26.1. The number of rotatable bonds is 6. The second-order valence-corrected chi connectivity index (χ2v) is 10.6. The maximum absolute atomic E-state index is 13.7. The molecule has 1 aromatic carbocycles. The summed E-state index contributed by atoms with van der Waals surface area (Å²) < 4.78 is 27.4. The predicted molar refractivity (Wildman–Crippen MR) is 134 cm³/mol. The number of carbonyl (C=O) groups excluding carboxylic acids is 2. The number of hydrogen-bond acceptors (Lipinski definition) is 4. The smallest absolute Gasteiger partial charge is 0.312 e. The number of hydrogen-bond donors (Lipinski definition) is 1. The van der Waals surface area contributed by atoms with E-state index in [1.165, 1.54) is 4.90 Å². The van der Waals surface area contributed by atoms with Crippen molar-refractivity contribution < 1.29 is 18.4 Å². The molecule has 0 unspecified atom stereocenters. The monoisotopic (exact) mass is 529 g/mol. The number of amides is 3. The largest absolute Gasteiger partial charge is 0.322 e. The van der Waals surface area contributed by atoms with Gasteiger partial charge in [-0.05, 0) is 77.0 Å². The van der Waals surface area contributed by atoms with E-state index in [0.29, 0.717) is 54.5 Å². The van der Waals surface area contributed by atoms with E-state index in [4.69, 9.17) is 23.2 Å². The van der Waals surface area contributed by atoms with Crippen molar-refractivity contribution in [2.45, 2.75) is 69.1 Å². The minimum Gasteiger partial charge on any atom is -0.312 e. The Morgan fingerprint density at radius 2 is 2.03 bits per heavy atom. The lowest BCUT2D eigenvalue weighted by atomic mass is 10.0. The minimum atomic E-state index is -2.62. The quantitative estimate of drug-likeness (QED) is 0.519. The Bertz CT molecular complexity index is 997. The summed E-state index contributed by atoms with van der Waals surface area (Å²) in [7, 11) is 0. The molecule has 0 aromatic heterocycles. The van der Waals surface area contributed by atoms with E-state index in [1.807, 2.05) is 4.90 Å². The van der Waals surface area contributed by atoms with E-state index >= 15 is 0 Å². The molecule has 1 aromatic rings. The van der Waals surface area contributed by atoms with Gasteiger partial charge in [0.2, 0.25) is 5.91 Å². The molecule has 0 aliphatic carbocycles. The molecule has 0 spiro atoms. The fourth-order valence-corrected chi connectivity index (χ4v) is 5.85. The second-order valence-electron chi connectivity index (χ2n) is 9.78. The van der Waals surface area contributed by atoms with Crippen molar-refractivity contribution in [3.63, 3.8) is 0 Å². The Hall–Kier alpha value is -1.97. The van der Waals surface area contributed by atoms with E-state index in [2.05, 4.69) is 17.0 Å². The van der Waals surface area contributed by atoms with Crippen LogP contribution in [-0.2, 0) is 4.79 Å². The molecule has 3 aliphatic rings. The van der Waals surface area contributed by atoms with Gasteiger partial charge in [0, 0.05) is 18.2 Å². The van der Waals surface area contributed by atoms with Gasteiger partial charge in [0.1, 0.15) is 6.04 Å². The molecule has 35 heavy (non-hydrogen) atoms. The van der Waals surface area contributed by atoms with Gasteiger partial charge in [-0.25, -0.2) is 13.6 Å². The number of urea groups is 1. The average Bonchev–Trinajstić information content (AvgIpc) is 3.17. The van der Waals surface area contributed by atoms with Crippen LogP contribution in [0.4, 0.5) is 19.3 Å². The highest BCUT2D eigenvalue weighted by Crippen LogP contribution is 2.42. The summed E-state index contributed by atoms with van der Waals surface area (Å²) in [5.74, 6) is -2.80. The van der Waals surface area contributed by atoms with Crippen LogP contribution in [0.25, 0.3) is 0 Å². The first-order chi connectivity index (χ1) is 16.5. The summed E-state index contributed by atoms with van der Waals surface area (Å²) in [6.45, 7) is 6.75. The predicted octanol–water partition coefficient (Wildman–Crippen LogP) is 5.13. The number of likely N-dealkylation sites (tertiary alicyclic amines) is 1. The summed E-state index contributed by atoms with van der Waals surface area (Å²) in [6, 6.07) is 3.61. The Balaban J connectivity index is 1.40. The number of piperazine rings is 1. The number of anilines is 1. The van der Waals surface area contributed by atoms with Crippen molar-refractivity contribution in [2.24, 2.45) is 4.99 Å². The van der Waals surface area contributed by atoms with Crippen molar-refractivity contribution >= 4 is 47.5 Å². The minimum absolute atomic E-state index is 0.0467. The molecule has 0 saturated carbocycles. The number of benzene rings is 1. The van der Waals surface area contributed by atoms with Gasteiger partial charge in [0.15, 0.2) is 5.66 Å². The Labute approximate surface area is 214 Å². The number of piperidine rings is 1. The topological polar surface area (TPSA) is 68.2 Å². The molecule has 3 fully saturated rings. The number of fused-ring (bicyclic) bond motifs is 1. The van der Waals surface area contributed by atoms with Crippen LogP contribution < -0.4 is 5.32 Å². The molecule has 3 heterocycles. The number of halogens is 4. The number of aliphatic imine (C=N–C) groups is 1. The Kier molecular flexibility index (Phi) is 7.60. The van der Waals surface area contributed by atoms with Crippen molar-refractivity contribution in [2.75, 3.05) is 31.5 Å². The highest BCUT2D eigenvalue weighted by atomic mass is 35.5. The molecule has 1 N–H and O–H groups in total. The van der Waals surface area contributed by atoms with Crippen LogP contribution in [0.1, 0.15) is 45.4 Å². The lowest BCUT2D eigenvalue weighted by Crippen LogP contribution is -2.67. The standard InChI is InChI=1S/C24H31Cl2F2N5O2/c1-16-21(34)33-18(5-3-11-31-12-4-9-23(27,28)14-31)8-10-24(33,29-2)15-32(16)22(35)30-17-6-7-19(25)20(26)13-17/h6-7,13,16,18H,2-5,8-12,14-15H2,1H3,(H,30,35)/t16-,18-,24-/m0/s1. The van der Waals surface area contributed by atoms with Gasteiger partial charge >= 0.3 is 6.03 Å². The SMILES string of the molecule is C=N[C@@]12CC[C@H](CCCN3CCCC(F)(F)C3)N1C(=O)[C@H](C)N(C(=O)Nc1ccc(Cl)c(Cl)c1)C2. The van der Waals surface area contributed by atoms with Gasteiger partial charge in [-0.2, -0.15) is 0 Å². The molecule has 192 valence electrons. The van der Waals surface area contributed by atoms with E-state index in [-0.39, 0.29) is 31.5 Å². The summed E-state index contributed by atoms with van der Waals surface area (Å²) in [5, 5.41) is 3.48. The highest BCUT2D eigenvalue weighted by molar-refractivity contribution is 6.42. The molecule has 3 amide bonds. The van der Waals surface area contributed by atoms with Crippen LogP contribution in [0.5, 0.6) is 0 Å². The van der Waals surface area contributed by atoms with Crippen molar-refractivity contribution in [1.82, 2.24) is 14.7 Å². The van der Waals surface area contributed by atoms with Crippen LogP contribution in [0.15, 0.2) is 23.2 Å². The Morgan fingerprint density at radius 3 is 2.71 bits per heavy atom. The number of alkyl halides is 2. The normalized spacial score (nSPS) is 28.7. The highest BCUT2D eigenvalue weighted by Gasteiger charge is 2.55. The fourth-order valence-electron chi connectivity index (χ4n) is 5.56. The number of nitrogens with zero attached hydrogens (tertiary/aromatic N) is 4. The van der Waals surface area contributed by atoms with Crippen LogP contribution in [0.3, 0.4) is 0 Å². The summed E-state index contributed by atoms with van der Waals surface area (Å²) in [5.41, 5.74) is -0.416. The zero-order chi connectivity index (χ0) is 25.4. The second kappa shape index (κ2) is 10.2. The average molecular weight is 530 g/mol. The van der Waals surface area contributed by atoms with Crippen molar-refractivity contribution in [1.29, 1.82) is 0 Å². The molecule has 4 rings (SSSR count). The summed E-state index contributed by atoms with van der Waals surface area (Å²) >= 11 is 12.0. The Morgan fingerprint density at radius 1 is 1.26 bits per heavy atom. The molecular weight excluding hydrogens is 499 g/mol. The molecule has 0 radical (unpaired) electrons. The van der Waals surface area contributed by atoms with E-state index < -0.39 is 23.7 Å². The first-order valence-corrected chi connectivity index (χ1v) is 12.7. The van der Waals surface area contributed by atoms with Crippen LogP contribution >= 0.6 is 23.2 Å². The fraction of sp³-hybridized carbons (Fsp3) is 0.625. The molecule has 3 saturated heterocycles. The van der Waals surface area contributed by atoms with Gasteiger partial charge < -0.3 is 15.1 Å². The van der Waals surface area contributed by atoms with Gasteiger partial charge in [-0.15, -0.1) is 0 Å². The van der Waals surface area contributed by atoms with Gasteiger partial charge in [-0.1, -0.05) is 23.2 Å². The molecule has 11 heteroatoms. The molecule has 0 bridgehead atoms.